The van der Waals surface area contributed by atoms with Gasteiger partial charge in [-0.05, 0) is 47.9 Å². The molecule has 2 heterocycles. The van der Waals surface area contributed by atoms with Gasteiger partial charge in [-0.25, -0.2) is 9.18 Å². The van der Waals surface area contributed by atoms with Crippen molar-refractivity contribution in [2.45, 2.75) is 31.6 Å². The van der Waals surface area contributed by atoms with Crippen LogP contribution in [0.5, 0.6) is 0 Å². The van der Waals surface area contributed by atoms with Gasteiger partial charge in [-0.15, -0.1) is 0 Å². The van der Waals surface area contributed by atoms with Gasteiger partial charge in [-0.1, -0.05) is 17.7 Å². The van der Waals surface area contributed by atoms with E-state index in [0.29, 0.717) is 29.8 Å². The molecule has 3 N–H and O–H groups in total. The van der Waals surface area contributed by atoms with E-state index in [1.54, 1.807) is 18.2 Å². The molecule has 4 rings (SSSR count). The van der Waals surface area contributed by atoms with Gasteiger partial charge in [0.2, 0.25) is 5.91 Å². The van der Waals surface area contributed by atoms with Gasteiger partial charge in [-0.3, -0.25) is 9.59 Å². The molecule has 0 unspecified atom stereocenters. The zero-order valence-electron chi connectivity index (χ0n) is 16.3. The number of carbonyl (C=O) groups excluding carboxylic acids is 3. The van der Waals surface area contributed by atoms with Gasteiger partial charge in [0.05, 0.1) is 5.02 Å². The summed E-state index contributed by atoms with van der Waals surface area (Å²) >= 11 is 5.70. The lowest BCUT2D eigenvalue weighted by molar-refractivity contribution is -0.175. The lowest BCUT2D eigenvalue weighted by Gasteiger charge is -2.24. The van der Waals surface area contributed by atoms with Crippen LogP contribution in [0.1, 0.15) is 24.0 Å². The summed E-state index contributed by atoms with van der Waals surface area (Å²) < 4.78 is 18.2. The monoisotopic (exact) mass is 447 g/mol. The Morgan fingerprint density at radius 1 is 1.26 bits per heavy atom. The second-order valence-corrected chi connectivity index (χ2v) is 7.78. The van der Waals surface area contributed by atoms with Gasteiger partial charge in [-0.2, -0.15) is 0 Å². The molecule has 0 saturated carbocycles. The maximum atomic E-state index is 13.2. The molecule has 10 heteroatoms. The molecule has 0 aromatic heterocycles. The molecular weight excluding hydrogens is 429 g/mol. The summed E-state index contributed by atoms with van der Waals surface area (Å²) in [5.74, 6) is -3.70. The molecular formula is C21H19ClFN3O5. The van der Waals surface area contributed by atoms with E-state index in [-0.39, 0.29) is 30.4 Å². The lowest BCUT2D eigenvalue weighted by atomic mass is 10.0. The zero-order valence-corrected chi connectivity index (χ0v) is 17.0. The van der Waals surface area contributed by atoms with Crippen molar-refractivity contribution in [1.29, 1.82) is 0 Å². The number of anilines is 2. The summed E-state index contributed by atoms with van der Waals surface area (Å²) in [5.41, 5.74) is 2.65. The molecule has 2 aliphatic heterocycles. The molecule has 31 heavy (non-hydrogen) atoms. The number of hydrogen-bond acceptors (Lipinski definition) is 5. The first kappa shape index (κ1) is 21.1. The highest BCUT2D eigenvalue weighted by Gasteiger charge is 2.49. The number of ether oxygens (including phenoxy) is 1. The van der Waals surface area contributed by atoms with E-state index in [0.717, 1.165) is 5.56 Å². The predicted molar refractivity (Wildman–Crippen MR) is 110 cm³/mol. The van der Waals surface area contributed by atoms with Crippen LogP contribution in [0.25, 0.3) is 0 Å². The molecule has 0 radical (unpaired) electrons. The Morgan fingerprint density at radius 3 is 2.84 bits per heavy atom. The maximum absolute atomic E-state index is 13.2. The average molecular weight is 448 g/mol. The van der Waals surface area contributed by atoms with Crippen LogP contribution in [0.15, 0.2) is 36.4 Å². The van der Waals surface area contributed by atoms with Crippen molar-refractivity contribution >= 4 is 40.9 Å². The van der Waals surface area contributed by atoms with Gasteiger partial charge in [0.25, 0.3) is 11.7 Å². The van der Waals surface area contributed by atoms with Crippen molar-refractivity contribution in [2.75, 3.05) is 16.8 Å². The number of halogens is 2. The highest BCUT2D eigenvalue weighted by molar-refractivity contribution is 6.30. The van der Waals surface area contributed by atoms with Crippen LogP contribution in [-0.2, 0) is 27.3 Å². The largest absolute Gasteiger partial charge is 0.410 e. The van der Waals surface area contributed by atoms with Crippen LogP contribution in [-0.4, -0.2) is 35.3 Å². The number of aliphatic hydroxyl groups is 1. The van der Waals surface area contributed by atoms with E-state index in [1.165, 1.54) is 23.1 Å². The predicted octanol–water partition coefficient (Wildman–Crippen LogP) is 2.72. The van der Waals surface area contributed by atoms with Crippen LogP contribution in [0.4, 0.5) is 20.6 Å². The number of aryl methyl sites for hydroxylation is 1. The summed E-state index contributed by atoms with van der Waals surface area (Å²) in [6.07, 6.45) is -0.189. The van der Waals surface area contributed by atoms with E-state index in [1.807, 2.05) is 0 Å². The van der Waals surface area contributed by atoms with E-state index >= 15 is 0 Å². The highest BCUT2D eigenvalue weighted by Crippen LogP contribution is 2.33. The van der Waals surface area contributed by atoms with Crippen molar-refractivity contribution in [2.24, 2.45) is 0 Å². The first-order valence-electron chi connectivity index (χ1n) is 9.63. The number of rotatable bonds is 4. The molecule has 3 amide bonds. The van der Waals surface area contributed by atoms with Crippen LogP contribution in [0, 0.1) is 5.82 Å². The number of alkyl carbamates (subject to hydrolysis) is 1. The fourth-order valence-electron chi connectivity index (χ4n) is 3.57. The fourth-order valence-corrected chi connectivity index (χ4v) is 3.78. The summed E-state index contributed by atoms with van der Waals surface area (Å²) in [6, 6.07) is 9.10. The molecule has 1 atom stereocenters. The van der Waals surface area contributed by atoms with Crippen molar-refractivity contribution in [3.8, 4) is 0 Å². The third-order valence-electron chi connectivity index (χ3n) is 5.23. The molecule has 1 fully saturated rings. The SMILES string of the molecule is O=C1CCc2cc(N3CC[C@](O)(OC(=O)NCc4ccc(F)c(Cl)c4)C3=O)ccc2N1. The number of nitrogens with zero attached hydrogens (tertiary/aromatic N) is 1. The highest BCUT2D eigenvalue weighted by atomic mass is 35.5. The van der Waals surface area contributed by atoms with Crippen molar-refractivity contribution in [1.82, 2.24) is 5.32 Å². The Hall–Kier alpha value is -3.17. The van der Waals surface area contributed by atoms with E-state index in [2.05, 4.69) is 10.6 Å². The van der Waals surface area contributed by atoms with E-state index in [4.69, 9.17) is 16.3 Å². The van der Waals surface area contributed by atoms with Gasteiger partial charge in [0, 0.05) is 37.3 Å². The maximum Gasteiger partial charge on any atom is 0.410 e. The third-order valence-corrected chi connectivity index (χ3v) is 5.52. The quantitative estimate of drug-likeness (QED) is 0.624. The van der Waals surface area contributed by atoms with Gasteiger partial charge >= 0.3 is 6.09 Å². The molecule has 162 valence electrons. The number of fused-ring (bicyclic) bond motifs is 1. The minimum atomic E-state index is -2.30. The summed E-state index contributed by atoms with van der Waals surface area (Å²) in [6.45, 7) is 0.130. The molecule has 8 nitrogen and oxygen atoms in total. The fraction of sp³-hybridized carbons (Fsp3) is 0.286. The topological polar surface area (TPSA) is 108 Å². The third kappa shape index (κ3) is 4.33. The lowest BCUT2D eigenvalue weighted by Crippen LogP contribution is -2.46. The van der Waals surface area contributed by atoms with Gasteiger partial charge in [0.15, 0.2) is 0 Å². The Bertz CT molecular complexity index is 1080. The summed E-state index contributed by atoms with van der Waals surface area (Å²) in [7, 11) is 0. The first-order chi connectivity index (χ1) is 14.7. The molecule has 0 aliphatic carbocycles. The molecule has 2 aliphatic rings. The Morgan fingerprint density at radius 2 is 2.06 bits per heavy atom. The smallest absolute Gasteiger partial charge is 0.407 e. The molecule has 2 aromatic carbocycles. The van der Waals surface area contributed by atoms with Gasteiger partial charge < -0.3 is 25.4 Å². The Kier molecular flexibility index (Phi) is 5.55. The normalized spacial score (nSPS) is 20.3. The van der Waals surface area contributed by atoms with Crippen LogP contribution < -0.4 is 15.5 Å². The van der Waals surface area contributed by atoms with Crippen LogP contribution in [0.2, 0.25) is 5.02 Å². The average Bonchev–Trinajstić information content (AvgIpc) is 3.03. The van der Waals surface area contributed by atoms with Crippen molar-refractivity contribution in [3.63, 3.8) is 0 Å². The molecule has 2 aromatic rings. The van der Waals surface area contributed by atoms with Gasteiger partial charge in [0.1, 0.15) is 5.82 Å². The Labute approximate surface area is 181 Å². The molecule has 0 spiro atoms. The first-order valence-corrected chi connectivity index (χ1v) is 10.0. The molecule has 0 bridgehead atoms. The number of carbonyl (C=O) groups is 3. The van der Waals surface area contributed by atoms with Crippen molar-refractivity contribution in [3.05, 3.63) is 58.4 Å². The van der Waals surface area contributed by atoms with E-state index < -0.39 is 23.6 Å². The van der Waals surface area contributed by atoms with Crippen LogP contribution >= 0.6 is 11.6 Å². The minimum absolute atomic E-state index is 0.0244. The number of amides is 3. The Balaban J connectivity index is 1.39. The standard InChI is InChI=1S/C21H19ClFN3O5/c22-15-9-12(1-4-16(15)23)11-24-20(29)31-21(30)7-8-26(19(21)28)14-3-5-17-13(10-14)2-6-18(27)25-17/h1,3-5,9-10,30H,2,6-8,11H2,(H,24,29)(H,25,27)/t21-/m0/s1. The second-order valence-electron chi connectivity index (χ2n) is 7.37. The van der Waals surface area contributed by atoms with Crippen LogP contribution in [0.3, 0.4) is 0 Å². The number of hydrogen-bond donors (Lipinski definition) is 3. The summed E-state index contributed by atoms with van der Waals surface area (Å²) in [4.78, 5) is 37.7. The zero-order chi connectivity index (χ0) is 22.2. The second kappa shape index (κ2) is 8.16. The minimum Gasteiger partial charge on any atom is -0.407 e. The van der Waals surface area contributed by atoms with E-state index in [9.17, 15) is 23.9 Å². The number of benzene rings is 2. The van der Waals surface area contributed by atoms with Crippen molar-refractivity contribution < 1.29 is 28.6 Å². The molecule has 1 saturated heterocycles. The number of nitrogens with one attached hydrogen (secondary N) is 2. The summed E-state index contributed by atoms with van der Waals surface area (Å²) in [5, 5.41) is 15.7.